The SMILES string of the molecule is O=C(O)Nc1ccccc1NC(=O)c1cc2cccc(OCCN3CCCC3)c2o1. The summed E-state index contributed by atoms with van der Waals surface area (Å²) < 4.78 is 11.7. The zero-order chi connectivity index (χ0) is 20.9. The summed E-state index contributed by atoms with van der Waals surface area (Å²) in [6, 6.07) is 13.7. The quantitative estimate of drug-likeness (QED) is 0.539. The molecule has 2 heterocycles. The zero-order valence-corrected chi connectivity index (χ0v) is 16.4. The van der Waals surface area contributed by atoms with Gasteiger partial charge in [0.1, 0.15) is 6.61 Å². The van der Waals surface area contributed by atoms with Gasteiger partial charge in [-0.3, -0.25) is 15.0 Å². The highest BCUT2D eigenvalue weighted by molar-refractivity contribution is 6.07. The van der Waals surface area contributed by atoms with Gasteiger partial charge in [0.15, 0.2) is 17.1 Å². The van der Waals surface area contributed by atoms with E-state index in [9.17, 15) is 9.59 Å². The first-order valence-electron chi connectivity index (χ1n) is 9.88. The molecule has 1 aliphatic rings. The van der Waals surface area contributed by atoms with E-state index in [0.717, 1.165) is 25.0 Å². The van der Waals surface area contributed by atoms with Crippen LogP contribution in [0, 0.1) is 0 Å². The van der Waals surface area contributed by atoms with Gasteiger partial charge in [-0.25, -0.2) is 4.79 Å². The first-order valence-corrected chi connectivity index (χ1v) is 9.88. The molecule has 4 rings (SSSR count). The number of benzene rings is 2. The van der Waals surface area contributed by atoms with Gasteiger partial charge in [0.25, 0.3) is 5.91 Å². The van der Waals surface area contributed by atoms with Crippen molar-refractivity contribution in [2.45, 2.75) is 12.8 Å². The summed E-state index contributed by atoms with van der Waals surface area (Å²) in [6.45, 7) is 3.63. The number of hydrogen-bond acceptors (Lipinski definition) is 5. The minimum Gasteiger partial charge on any atom is -0.488 e. The van der Waals surface area contributed by atoms with E-state index in [1.54, 1.807) is 30.3 Å². The standard InChI is InChI=1S/C22H23N3O5/c26-21(23-16-7-1-2-8-17(16)24-22(27)28)19-14-15-6-5-9-18(20(15)30-19)29-13-12-25-10-3-4-11-25/h1-2,5-9,14,24H,3-4,10-13H2,(H,23,26)(H,27,28). The molecule has 0 radical (unpaired) electrons. The number of hydrogen-bond donors (Lipinski definition) is 3. The van der Waals surface area contributed by atoms with Gasteiger partial charge in [-0.05, 0) is 50.2 Å². The first kappa shape index (κ1) is 19.8. The van der Waals surface area contributed by atoms with Crippen LogP contribution in [-0.4, -0.2) is 48.2 Å². The lowest BCUT2D eigenvalue weighted by atomic mass is 10.2. The number of para-hydroxylation sites is 3. The summed E-state index contributed by atoms with van der Waals surface area (Å²) in [5.41, 5.74) is 1.13. The number of nitrogens with zero attached hydrogens (tertiary/aromatic N) is 1. The van der Waals surface area contributed by atoms with Crippen LogP contribution >= 0.6 is 0 Å². The molecular weight excluding hydrogens is 386 g/mol. The second-order valence-electron chi connectivity index (χ2n) is 7.11. The minimum absolute atomic E-state index is 0.116. The van der Waals surface area contributed by atoms with Crippen LogP contribution < -0.4 is 15.4 Å². The molecule has 1 saturated heterocycles. The molecule has 1 aliphatic heterocycles. The van der Waals surface area contributed by atoms with Crippen molar-refractivity contribution in [3.8, 4) is 5.75 Å². The Kier molecular flexibility index (Phi) is 5.85. The number of likely N-dealkylation sites (tertiary alicyclic amines) is 1. The Bertz CT molecular complexity index is 1060. The molecule has 2 amide bonds. The summed E-state index contributed by atoms with van der Waals surface area (Å²) in [4.78, 5) is 26.0. The molecule has 3 aromatic rings. The van der Waals surface area contributed by atoms with Gasteiger partial charge in [-0.15, -0.1) is 0 Å². The van der Waals surface area contributed by atoms with Crippen molar-refractivity contribution in [2.75, 3.05) is 36.9 Å². The fourth-order valence-corrected chi connectivity index (χ4v) is 3.55. The van der Waals surface area contributed by atoms with E-state index >= 15 is 0 Å². The van der Waals surface area contributed by atoms with Crippen molar-refractivity contribution in [3.63, 3.8) is 0 Å². The number of anilines is 2. The molecule has 2 aromatic carbocycles. The van der Waals surface area contributed by atoms with Crippen LogP contribution in [0.15, 0.2) is 52.9 Å². The lowest BCUT2D eigenvalue weighted by molar-refractivity contribution is 0.0998. The van der Waals surface area contributed by atoms with Crippen molar-refractivity contribution in [2.24, 2.45) is 0 Å². The molecule has 3 N–H and O–H groups in total. The number of carbonyl (C=O) groups is 2. The summed E-state index contributed by atoms with van der Waals surface area (Å²) in [7, 11) is 0. The van der Waals surface area contributed by atoms with Gasteiger partial charge >= 0.3 is 6.09 Å². The van der Waals surface area contributed by atoms with Crippen molar-refractivity contribution in [3.05, 3.63) is 54.3 Å². The Hall–Kier alpha value is -3.52. The molecule has 1 aromatic heterocycles. The molecular formula is C22H23N3O5. The van der Waals surface area contributed by atoms with E-state index in [0.29, 0.717) is 23.6 Å². The van der Waals surface area contributed by atoms with Crippen LogP contribution in [0.2, 0.25) is 0 Å². The summed E-state index contributed by atoms with van der Waals surface area (Å²) in [5.74, 6) is 0.235. The summed E-state index contributed by atoms with van der Waals surface area (Å²) >= 11 is 0. The Morgan fingerprint density at radius 2 is 1.77 bits per heavy atom. The van der Waals surface area contributed by atoms with Gasteiger partial charge in [0, 0.05) is 11.9 Å². The number of carbonyl (C=O) groups excluding carboxylic acids is 1. The van der Waals surface area contributed by atoms with Crippen LogP contribution in [0.3, 0.4) is 0 Å². The van der Waals surface area contributed by atoms with Crippen LogP contribution in [0.25, 0.3) is 11.0 Å². The molecule has 0 spiro atoms. The second kappa shape index (κ2) is 8.87. The van der Waals surface area contributed by atoms with E-state index in [1.165, 1.54) is 12.8 Å². The third-order valence-corrected chi connectivity index (χ3v) is 5.01. The van der Waals surface area contributed by atoms with Gasteiger partial charge < -0.3 is 19.6 Å². The maximum absolute atomic E-state index is 12.7. The third kappa shape index (κ3) is 4.55. The maximum atomic E-state index is 12.7. The number of carboxylic acid groups (broad SMARTS) is 1. The molecule has 8 heteroatoms. The van der Waals surface area contributed by atoms with Gasteiger partial charge in [0.2, 0.25) is 0 Å². The highest BCUT2D eigenvalue weighted by Crippen LogP contribution is 2.30. The van der Waals surface area contributed by atoms with Crippen LogP contribution in [0.1, 0.15) is 23.4 Å². The highest BCUT2D eigenvalue weighted by atomic mass is 16.5. The van der Waals surface area contributed by atoms with E-state index in [4.69, 9.17) is 14.3 Å². The molecule has 0 atom stereocenters. The zero-order valence-electron chi connectivity index (χ0n) is 16.4. The Labute approximate surface area is 173 Å². The summed E-state index contributed by atoms with van der Waals surface area (Å²) in [5, 5.41) is 14.7. The average Bonchev–Trinajstić information content (AvgIpc) is 3.39. The fraction of sp³-hybridized carbons (Fsp3) is 0.273. The molecule has 0 saturated carbocycles. The lowest BCUT2D eigenvalue weighted by Crippen LogP contribution is -2.25. The number of furan rings is 1. The van der Waals surface area contributed by atoms with E-state index in [1.807, 2.05) is 18.2 Å². The molecule has 0 bridgehead atoms. The minimum atomic E-state index is -1.21. The summed E-state index contributed by atoms with van der Waals surface area (Å²) in [6.07, 6.45) is 1.26. The van der Waals surface area contributed by atoms with E-state index < -0.39 is 12.0 Å². The van der Waals surface area contributed by atoms with Gasteiger partial charge in [-0.2, -0.15) is 0 Å². The molecule has 0 unspecified atom stereocenters. The smallest absolute Gasteiger partial charge is 0.409 e. The average molecular weight is 409 g/mol. The number of rotatable bonds is 7. The topological polar surface area (TPSA) is 104 Å². The molecule has 0 aliphatic carbocycles. The van der Waals surface area contributed by atoms with Crippen molar-refractivity contribution in [1.29, 1.82) is 0 Å². The second-order valence-corrected chi connectivity index (χ2v) is 7.11. The molecule has 30 heavy (non-hydrogen) atoms. The van der Waals surface area contributed by atoms with Gasteiger partial charge in [0.05, 0.1) is 11.4 Å². The number of nitrogens with one attached hydrogen (secondary N) is 2. The molecule has 8 nitrogen and oxygen atoms in total. The predicted octanol–water partition coefficient (Wildman–Crippen LogP) is 4.25. The Balaban J connectivity index is 1.48. The van der Waals surface area contributed by atoms with Crippen molar-refractivity contribution in [1.82, 2.24) is 4.90 Å². The lowest BCUT2D eigenvalue weighted by Gasteiger charge is -2.14. The highest BCUT2D eigenvalue weighted by Gasteiger charge is 2.17. The Morgan fingerprint density at radius 3 is 2.50 bits per heavy atom. The van der Waals surface area contributed by atoms with Crippen LogP contribution in [-0.2, 0) is 0 Å². The number of fused-ring (bicyclic) bond motifs is 1. The normalized spacial score (nSPS) is 14.0. The number of ether oxygens (including phenoxy) is 1. The van der Waals surface area contributed by atoms with Crippen LogP contribution in [0.5, 0.6) is 5.75 Å². The van der Waals surface area contributed by atoms with E-state index in [2.05, 4.69) is 15.5 Å². The molecule has 156 valence electrons. The van der Waals surface area contributed by atoms with Crippen molar-refractivity contribution >= 4 is 34.3 Å². The van der Waals surface area contributed by atoms with Crippen LogP contribution in [0.4, 0.5) is 16.2 Å². The fourth-order valence-electron chi connectivity index (χ4n) is 3.55. The first-order chi connectivity index (χ1) is 14.6. The van der Waals surface area contributed by atoms with E-state index in [-0.39, 0.29) is 11.4 Å². The van der Waals surface area contributed by atoms with Crippen molar-refractivity contribution < 1.29 is 23.8 Å². The third-order valence-electron chi connectivity index (χ3n) is 5.01. The molecule has 1 fully saturated rings. The maximum Gasteiger partial charge on any atom is 0.409 e. The largest absolute Gasteiger partial charge is 0.488 e. The Morgan fingerprint density at radius 1 is 1.03 bits per heavy atom. The predicted molar refractivity (Wildman–Crippen MR) is 113 cm³/mol. The van der Waals surface area contributed by atoms with Gasteiger partial charge in [-0.1, -0.05) is 24.3 Å². The number of amides is 2. The monoisotopic (exact) mass is 409 g/mol.